The third-order valence-electron chi connectivity index (χ3n) is 11.0. The molecule has 5 N–H and O–H groups in total. The van der Waals surface area contributed by atoms with E-state index in [1.807, 2.05) is 97.1 Å². The molecule has 1 fully saturated rings. The fourth-order valence-electron chi connectivity index (χ4n) is 7.92. The van der Waals surface area contributed by atoms with Gasteiger partial charge in [-0.15, -0.1) is 0 Å². The maximum absolute atomic E-state index is 12.5. The minimum atomic E-state index is -0.632. The third-order valence-corrected chi connectivity index (χ3v) is 11.0. The number of nitrogens with zero attached hydrogens (tertiary/aromatic N) is 2. The highest BCUT2D eigenvalue weighted by molar-refractivity contribution is 6.26. The molecule has 9 rings (SSSR count). The maximum Gasteiger partial charge on any atom is 0.202 e. The standard InChI is InChI=1S/C49H38N2O6/c1-50-49(33-25-23-30(24-26-33)28-13-5-2-6-14-28)51-41(35-22-12-21-34(27-35)29-15-7-3-8-16-29)38-36(31-19-11-20-31)42(52)39-40-43(53)37(32-17-9-4-10-18-32)44(54)46(56)48(40)57-47(39)45(38)55/h2-10,12-18,21-27,31,52-56H,11,19-20H2,1H3/b50-49-,51-41-. The van der Waals surface area contributed by atoms with E-state index >= 15 is 0 Å². The van der Waals surface area contributed by atoms with Gasteiger partial charge in [-0.25, -0.2) is 4.99 Å². The lowest BCUT2D eigenvalue weighted by Crippen LogP contribution is -2.17. The summed E-state index contributed by atoms with van der Waals surface area (Å²) < 4.78 is 6.16. The average molecular weight is 751 g/mol. The summed E-state index contributed by atoms with van der Waals surface area (Å²) in [6.07, 6.45) is 2.39. The van der Waals surface area contributed by atoms with Gasteiger partial charge in [0.2, 0.25) is 5.75 Å². The molecule has 8 nitrogen and oxygen atoms in total. The van der Waals surface area contributed by atoms with Crippen molar-refractivity contribution in [1.82, 2.24) is 0 Å². The van der Waals surface area contributed by atoms with Gasteiger partial charge in [-0.3, -0.25) is 4.99 Å². The van der Waals surface area contributed by atoms with Crippen LogP contribution in [0.4, 0.5) is 0 Å². The Morgan fingerprint density at radius 2 is 1.07 bits per heavy atom. The van der Waals surface area contributed by atoms with Crippen LogP contribution in [0.25, 0.3) is 55.3 Å². The Balaban J connectivity index is 1.32. The van der Waals surface area contributed by atoms with Gasteiger partial charge < -0.3 is 29.9 Å². The minimum absolute atomic E-state index is 0.0244. The monoisotopic (exact) mass is 750 g/mol. The Hall–Kier alpha value is -7.32. The molecule has 1 saturated carbocycles. The molecule has 1 aromatic heterocycles. The molecule has 7 aromatic carbocycles. The topological polar surface area (TPSA) is 139 Å². The van der Waals surface area contributed by atoms with E-state index in [0.29, 0.717) is 28.2 Å². The first-order valence-corrected chi connectivity index (χ1v) is 18.9. The van der Waals surface area contributed by atoms with Crippen molar-refractivity contribution < 1.29 is 29.9 Å². The second-order valence-corrected chi connectivity index (χ2v) is 14.3. The highest BCUT2D eigenvalue weighted by Gasteiger charge is 2.36. The molecule has 0 amide bonds. The number of amidine groups is 1. The summed E-state index contributed by atoms with van der Waals surface area (Å²) in [4.78, 5) is 9.85. The molecule has 0 aliphatic heterocycles. The summed E-state index contributed by atoms with van der Waals surface area (Å²) >= 11 is 0. The van der Waals surface area contributed by atoms with Crippen molar-refractivity contribution in [1.29, 1.82) is 0 Å². The normalized spacial score (nSPS) is 13.6. The smallest absolute Gasteiger partial charge is 0.202 e. The summed E-state index contributed by atoms with van der Waals surface area (Å²) in [5, 5.41) is 59.4. The van der Waals surface area contributed by atoms with Crippen molar-refractivity contribution in [2.24, 2.45) is 9.98 Å². The molecule has 0 bridgehead atoms. The molecule has 0 radical (unpaired) electrons. The molecular formula is C49H38N2O6. The van der Waals surface area contributed by atoms with Crippen molar-refractivity contribution in [3.05, 3.63) is 162 Å². The van der Waals surface area contributed by atoms with Crippen LogP contribution in [0.15, 0.2) is 154 Å². The minimum Gasteiger partial charge on any atom is -0.507 e. The molecule has 280 valence electrons. The zero-order chi connectivity index (χ0) is 39.2. The number of phenols is 5. The van der Waals surface area contributed by atoms with Gasteiger partial charge in [0.05, 0.1) is 27.6 Å². The average Bonchev–Trinajstić information content (AvgIpc) is 3.66. The van der Waals surface area contributed by atoms with E-state index in [1.165, 1.54) is 0 Å². The highest BCUT2D eigenvalue weighted by Crippen LogP contribution is 2.58. The van der Waals surface area contributed by atoms with Gasteiger partial charge in [-0.2, -0.15) is 0 Å². The van der Waals surface area contributed by atoms with Crippen LogP contribution in [0.1, 0.15) is 47.4 Å². The largest absolute Gasteiger partial charge is 0.507 e. The van der Waals surface area contributed by atoms with Crippen molar-refractivity contribution in [2.45, 2.75) is 25.2 Å². The van der Waals surface area contributed by atoms with Crippen LogP contribution >= 0.6 is 0 Å². The molecule has 0 spiro atoms. The second kappa shape index (κ2) is 14.4. The van der Waals surface area contributed by atoms with Gasteiger partial charge >= 0.3 is 0 Å². The van der Waals surface area contributed by atoms with Crippen LogP contribution < -0.4 is 0 Å². The Bertz CT molecular complexity index is 2860. The first-order valence-electron chi connectivity index (χ1n) is 18.9. The maximum atomic E-state index is 12.5. The molecule has 8 heteroatoms. The highest BCUT2D eigenvalue weighted by atomic mass is 16.4. The molecular weight excluding hydrogens is 713 g/mol. The fraction of sp³-hybridized carbons (Fsp3) is 0.102. The second-order valence-electron chi connectivity index (χ2n) is 14.3. The quantitative estimate of drug-likeness (QED) is 0.0476. The van der Waals surface area contributed by atoms with Crippen molar-refractivity contribution in [3.8, 4) is 62.1 Å². The number of benzene rings is 7. The van der Waals surface area contributed by atoms with Crippen LogP contribution in [0.2, 0.25) is 0 Å². The summed E-state index contributed by atoms with van der Waals surface area (Å²) in [6, 6.07) is 44.4. The molecule has 0 unspecified atom stereocenters. The number of hydrogen-bond acceptors (Lipinski definition) is 7. The van der Waals surface area contributed by atoms with Gasteiger partial charge in [-0.1, -0.05) is 140 Å². The number of rotatable bonds is 7. The lowest BCUT2D eigenvalue weighted by Gasteiger charge is -2.30. The van der Waals surface area contributed by atoms with E-state index < -0.39 is 17.2 Å². The lowest BCUT2D eigenvalue weighted by atomic mass is 9.75. The summed E-state index contributed by atoms with van der Waals surface area (Å²) in [6.45, 7) is 0. The number of aromatic hydroxyl groups is 5. The number of hydrogen-bond donors (Lipinski definition) is 5. The van der Waals surface area contributed by atoms with Crippen LogP contribution in [0, 0.1) is 0 Å². The first-order chi connectivity index (χ1) is 27.8. The molecule has 1 heterocycles. The zero-order valence-corrected chi connectivity index (χ0v) is 31.0. The van der Waals surface area contributed by atoms with Gasteiger partial charge in [0, 0.05) is 23.7 Å². The summed E-state index contributed by atoms with van der Waals surface area (Å²) in [5.41, 5.74) is 6.41. The number of fused-ring (bicyclic) bond motifs is 3. The van der Waals surface area contributed by atoms with E-state index in [1.54, 1.807) is 37.4 Å². The SMILES string of the molecule is C/N=C(\N=C(\c1cccc(-c2ccccc2)c1)c1c(C2CCC2)c(O)c2c(oc3c(O)c(O)c(-c4ccccc4)c(O)c32)c1O)c1ccc(-c2ccccc2)cc1. The molecule has 1 aliphatic carbocycles. The van der Waals surface area contributed by atoms with Crippen LogP contribution in [-0.4, -0.2) is 44.1 Å². The number of phenolic OH excluding ortho intramolecular Hbond substituents is 5. The first kappa shape index (κ1) is 35.4. The predicted molar refractivity (Wildman–Crippen MR) is 226 cm³/mol. The van der Waals surface area contributed by atoms with Gasteiger partial charge in [0.25, 0.3) is 0 Å². The molecule has 57 heavy (non-hydrogen) atoms. The summed E-state index contributed by atoms with van der Waals surface area (Å²) in [7, 11) is 1.66. The van der Waals surface area contributed by atoms with E-state index in [-0.39, 0.29) is 50.5 Å². The third kappa shape index (κ3) is 6.03. The van der Waals surface area contributed by atoms with Gasteiger partial charge in [0.15, 0.2) is 28.5 Å². The summed E-state index contributed by atoms with van der Waals surface area (Å²) in [5.74, 6) is -1.95. The molecule has 8 aromatic rings. The van der Waals surface area contributed by atoms with E-state index in [4.69, 9.17) is 9.41 Å². The van der Waals surface area contributed by atoms with E-state index in [2.05, 4.69) is 17.1 Å². The molecule has 1 aliphatic rings. The van der Waals surface area contributed by atoms with Crippen molar-refractivity contribution >= 4 is 33.5 Å². The predicted octanol–water partition coefficient (Wildman–Crippen LogP) is 11.3. The Morgan fingerprint density at radius 1 is 0.526 bits per heavy atom. The van der Waals surface area contributed by atoms with E-state index in [9.17, 15) is 25.5 Å². The Kier molecular flexibility index (Phi) is 8.94. The zero-order valence-electron chi connectivity index (χ0n) is 31.0. The van der Waals surface area contributed by atoms with Gasteiger partial charge in [0.1, 0.15) is 11.5 Å². The van der Waals surface area contributed by atoms with Crippen LogP contribution in [-0.2, 0) is 0 Å². The fourth-order valence-corrected chi connectivity index (χ4v) is 7.92. The van der Waals surface area contributed by atoms with Crippen molar-refractivity contribution in [2.75, 3.05) is 7.05 Å². The lowest BCUT2D eigenvalue weighted by molar-refractivity contribution is 0.390. The Labute approximate surface area is 328 Å². The molecule has 0 saturated heterocycles. The van der Waals surface area contributed by atoms with Crippen LogP contribution in [0.5, 0.6) is 28.7 Å². The van der Waals surface area contributed by atoms with E-state index in [0.717, 1.165) is 47.1 Å². The van der Waals surface area contributed by atoms with Crippen LogP contribution in [0.3, 0.4) is 0 Å². The van der Waals surface area contributed by atoms with Crippen molar-refractivity contribution in [3.63, 3.8) is 0 Å². The van der Waals surface area contributed by atoms with Gasteiger partial charge in [-0.05, 0) is 52.6 Å². The Morgan fingerprint density at radius 3 is 1.67 bits per heavy atom. The number of aliphatic imine (C=N–C) groups is 2. The molecule has 0 atom stereocenters. The number of furan rings is 1.